The Hall–Kier alpha value is -2.23. The first-order valence-corrected chi connectivity index (χ1v) is 7.28. The first-order chi connectivity index (χ1) is 10.2. The number of rotatable bonds is 3. The summed E-state index contributed by atoms with van der Waals surface area (Å²) in [6.07, 6.45) is 4.46. The van der Waals surface area contributed by atoms with Crippen LogP contribution < -0.4 is 4.74 Å². The van der Waals surface area contributed by atoms with E-state index in [2.05, 4.69) is 6.08 Å². The zero-order chi connectivity index (χ0) is 16.5. The van der Waals surface area contributed by atoms with Gasteiger partial charge in [0.1, 0.15) is 22.9 Å². The third kappa shape index (κ3) is 3.70. The summed E-state index contributed by atoms with van der Waals surface area (Å²) in [6, 6.07) is 3.25. The van der Waals surface area contributed by atoms with Gasteiger partial charge in [-0.3, -0.25) is 4.79 Å². The van der Waals surface area contributed by atoms with E-state index in [1.807, 2.05) is 27.7 Å². The van der Waals surface area contributed by atoms with Crippen molar-refractivity contribution in [3.05, 3.63) is 41.0 Å². The van der Waals surface area contributed by atoms with Gasteiger partial charge in [0.2, 0.25) is 0 Å². The fourth-order valence-corrected chi connectivity index (χ4v) is 2.37. The number of carbonyl (C=O) groups is 1. The average Bonchev–Trinajstić information content (AvgIpc) is 2.35. The largest absolute Gasteiger partial charge is 0.508 e. The Labute approximate surface area is 131 Å². The quantitative estimate of drug-likeness (QED) is 0.678. The van der Waals surface area contributed by atoms with Gasteiger partial charge in [-0.1, -0.05) is 11.6 Å². The third-order valence-electron chi connectivity index (χ3n) is 3.24. The molecule has 0 saturated heterocycles. The van der Waals surface area contributed by atoms with Gasteiger partial charge in [0.25, 0.3) is 0 Å². The lowest BCUT2D eigenvalue weighted by Gasteiger charge is -2.31. The van der Waals surface area contributed by atoms with Crippen molar-refractivity contribution in [1.82, 2.24) is 0 Å². The van der Waals surface area contributed by atoms with E-state index in [1.54, 1.807) is 18.2 Å². The molecule has 0 spiro atoms. The molecule has 4 heteroatoms. The smallest absolute Gasteiger partial charge is 0.308 e. The van der Waals surface area contributed by atoms with Crippen LogP contribution in [0.5, 0.6) is 11.5 Å². The Morgan fingerprint density at radius 1 is 1.32 bits per heavy atom. The number of fused-ring (bicyclic) bond motifs is 1. The molecule has 1 aliphatic rings. The molecule has 0 amide bonds. The molecule has 1 aromatic rings. The van der Waals surface area contributed by atoms with Crippen LogP contribution in [0.15, 0.2) is 29.9 Å². The number of ether oxygens (including phenoxy) is 2. The Morgan fingerprint density at radius 2 is 2.00 bits per heavy atom. The highest BCUT2D eigenvalue weighted by Crippen LogP contribution is 2.41. The van der Waals surface area contributed by atoms with E-state index in [1.165, 1.54) is 12.5 Å². The molecule has 1 aromatic carbocycles. The first-order valence-electron chi connectivity index (χ1n) is 7.28. The maximum absolute atomic E-state index is 11.3. The van der Waals surface area contributed by atoms with Gasteiger partial charge in [0.15, 0.2) is 0 Å². The highest BCUT2D eigenvalue weighted by Gasteiger charge is 2.30. The Balaban J connectivity index is 2.56. The summed E-state index contributed by atoms with van der Waals surface area (Å²) in [4.78, 5) is 11.3. The van der Waals surface area contributed by atoms with Crippen molar-refractivity contribution in [3.8, 4) is 11.5 Å². The summed E-state index contributed by atoms with van der Waals surface area (Å²) < 4.78 is 11.3. The molecule has 0 saturated carbocycles. The maximum atomic E-state index is 11.3. The Kier molecular flexibility index (Phi) is 4.31. The SMILES string of the molecule is CC(=O)OC1=CC(C)(C)Oc2c(CC=C(C)C)cc(O)cc21. The van der Waals surface area contributed by atoms with Gasteiger partial charge in [0.05, 0.1) is 5.56 Å². The minimum absolute atomic E-state index is 0.122. The second-order valence-electron chi connectivity index (χ2n) is 6.27. The van der Waals surface area contributed by atoms with E-state index in [9.17, 15) is 9.90 Å². The molecular formula is C18H22O4. The second kappa shape index (κ2) is 5.87. The van der Waals surface area contributed by atoms with Crippen LogP contribution in [-0.4, -0.2) is 16.7 Å². The van der Waals surface area contributed by atoms with Crippen LogP contribution in [0.3, 0.4) is 0 Å². The van der Waals surface area contributed by atoms with Gasteiger partial charge in [-0.15, -0.1) is 0 Å². The summed E-state index contributed by atoms with van der Waals surface area (Å²) >= 11 is 0. The molecule has 22 heavy (non-hydrogen) atoms. The minimum Gasteiger partial charge on any atom is -0.508 e. The predicted octanol–water partition coefficient (Wildman–Crippen LogP) is 3.98. The van der Waals surface area contributed by atoms with E-state index in [0.29, 0.717) is 23.5 Å². The normalized spacial score (nSPS) is 15.2. The van der Waals surface area contributed by atoms with Crippen molar-refractivity contribution < 1.29 is 19.4 Å². The van der Waals surface area contributed by atoms with Crippen molar-refractivity contribution in [2.45, 2.75) is 46.6 Å². The molecule has 1 aliphatic heterocycles. The van der Waals surface area contributed by atoms with E-state index in [4.69, 9.17) is 9.47 Å². The van der Waals surface area contributed by atoms with Gasteiger partial charge in [-0.05, 0) is 46.2 Å². The van der Waals surface area contributed by atoms with E-state index >= 15 is 0 Å². The number of phenols is 1. The van der Waals surface area contributed by atoms with Crippen molar-refractivity contribution in [2.24, 2.45) is 0 Å². The minimum atomic E-state index is -0.589. The molecule has 0 bridgehead atoms. The number of carbonyl (C=O) groups excluding carboxylic acids is 1. The third-order valence-corrected chi connectivity index (χ3v) is 3.24. The summed E-state index contributed by atoms with van der Waals surface area (Å²) in [5.41, 5.74) is 2.06. The van der Waals surface area contributed by atoms with Crippen molar-refractivity contribution >= 4 is 11.7 Å². The zero-order valence-electron chi connectivity index (χ0n) is 13.7. The van der Waals surface area contributed by atoms with Crippen LogP contribution in [0, 0.1) is 0 Å². The Morgan fingerprint density at radius 3 is 2.59 bits per heavy atom. The highest BCUT2D eigenvalue weighted by molar-refractivity contribution is 5.80. The van der Waals surface area contributed by atoms with Crippen molar-refractivity contribution in [3.63, 3.8) is 0 Å². The lowest BCUT2D eigenvalue weighted by molar-refractivity contribution is -0.134. The molecule has 0 aliphatic carbocycles. The number of benzene rings is 1. The maximum Gasteiger partial charge on any atom is 0.308 e. The number of allylic oxidation sites excluding steroid dienone is 2. The summed E-state index contributed by atoms with van der Waals surface area (Å²) in [5, 5.41) is 9.97. The number of phenolic OH excluding ortho intramolecular Hbond substituents is 1. The fraction of sp³-hybridized carbons (Fsp3) is 0.389. The summed E-state index contributed by atoms with van der Waals surface area (Å²) in [5.74, 6) is 0.800. The molecular weight excluding hydrogens is 280 g/mol. The van der Waals surface area contributed by atoms with Crippen molar-refractivity contribution in [2.75, 3.05) is 0 Å². The standard InChI is InChI=1S/C18H22O4/c1-11(2)6-7-13-8-14(20)9-15-16(21-12(3)19)10-18(4,5)22-17(13)15/h6,8-10,20H,7H2,1-5H3. The first kappa shape index (κ1) is 16.1. The van der Waals surface area contributed by atoms with E-state index in [-0.39, 0.29) is 5.75 Å². The van der Waals surface area contributed by atoms with E-state index < -0.39 is 11.6 Å². The molecule has 1 heterocycles. The van der Waals surface area contributed by atoms with Crippen LogP contribution in [0.4, 0.5) is 0 Å². The monoisotopic (exact) mass is 302 g/mol. The van der Waals surface area contributed by atoms with Crippen LogP contribution in [0.1, 0.15) is 45.7 Å². The lowest BCUT2D eigenvalue weighted by atomic mass is 9.96. The number of hydrogen-bond acceptors (Lipinski definition) is 4. The summed E-state index contributed by atoms with van der Waals surface area (Å²) in [6.45, 7) is 9.19. The average molecular weight is 302 g/mol. The van der Waals surface area contributed by atoms with E-state index in [0.717, 1.165) is 5.56 Å². The van der Waals surface area contributed by atoms with Crippen LogP contribution >= 0.6 is 0 Å². The summed E-state index contributed by atoms with van der Waals surface area (Å²) in [7, 11) is 0. The molecule has 0 atom stereocenters. The molecule has 2 rings (SSSR count). The highest BCUT2D eigenvalue weighted by atomic mass is 16.5. The number of aromatic hydroxyl groups is 1. The van der Waals surface area contributed by atoms with Gasteiger partial charge >= 0.3 is 5.97 Å². The molecule has 118 valence electrons. The topological polar surface area (TPSA) is 55.8 Å². The zero-order valence-corrected chi connectivity index (χ0v) is 13.7. The molecule has 0 aromatic heterocycles. The molecule has 0 radical (unpaired) electrons. The molecule has 0 unspecified atom stereocenters. The van der Waals surface area contributed by atoms with Crippen molar-refractivity contribution in [1.29, 1.82) is 0 Å². The second-order valence-corrected chi connectivity index (χ2v) is 6.27. The number of esters is 1. The van der Waals surface area contributed by atoms with Gasteiger partial charge in [-0.2, -0.15) is 0 Å². The van der Waals surface area contributed by atoms with Crippen LogP contribution in [0.2, 0.25) is 0 Å². The molecule has 4 nitrogen and oxygen atoms in total. The lowest BCUT2D eigenvalue weighted by Crippen LogP contribution is -2.30. The van der Waals surface area contributed by atoms with Gasteiger partial charge < -0.3 is 14.6 Å². The predicted molar refractivity (Wildman–Crippen MR) is 85.7 cm³/mol. The molecule has 1 N–H and O–H groups in total. The van der Waals surface area contributed by atoms with Crippen LogP contribution in [-0.2, 0) is 16.0 Å². The van der Waals surface area contributed by atoms with Gasteiger partial charge in [-0.25, -0.2) is 0 Å². The van der Waals surface area contributed by atoms with Gasteiger partial charge in [0, 0.05) is 18.6 Å². The number of hydrogen-bond donors (Lipinski definition) is 1. The fourth-order valence-electron chi connectivity index (χ4n) is 2.37. The van der Waals surface area contributed by atoms with Crippen LogP contribution in [0.25, 0.3) is 5.76 Å². The Bertz CT molecular complexity index is 662. The molecule has 0 fully saturated rings.